The Labute approximate surface area is 91.0 Å². The third-order valence-corrected chi connectivity index (χ3v) is 2.57. The number of nitrogens with one attached hydrogen (secondary N) is 1. The molecule has 80 valence electrons. The molecule has 0 heterocycles. The summed E-state index contributed by atoms with van der Waals surface area (Å²) in [6.07, 6.45) is 0. The highest BCUT2D eigenvalue weighted by molar-refractivity contribution is 5.81. The van der Waals surface area contributed by atoms with Gasteiger partial charge in [0.2, 0.25) is 0 Å². The predicted octanol–water partition coefficient (Wildman–Crippen LogP) is 3.15. The number of carbonyl (C=O) groups excluding carboxylic acids is 1. The molecule has 0 aliphatic carbocycles. The predicted molar refractivity (Wildman–Crippen MR) is 63.8 cm³/mol. The minimum atomic E-state index is -0.149. The maximum absolute atomic E-state index is 11.2. The van der Waals surface area contributed by atoms with E-state index in [1.165, 1.54) is 0 Å². The molecule has 1 aromatic carbocycles. The van der Waals surface area contributed by atoms with E-state index in [0.717, 1.165) is 16.9 Å². The van der Waals surface area contributed by atoms with Crippen LogP contribution in [0.5, 0.6) is 0 Å². The second-order valence-corrected chi connectivity index (χ2v) is 3.80. The standard InChI is InChI=1S/C13H17NO/c1-9-7-5-6-8-13(9)14-11(3)10(2)12(4)15/h5-8,10,14H,3H2,1-2,4H3. The molecule has 0 fully saturated rings. The maximum atomic E-state index is 11.2. The molecule has 0 aliphatic heterocycles. The summed E-state index contributed by atoms with van der Waals surface area (Å²) in [5, 5.41) is 3.18. The first kappa shape index (κ1) is 11.5. The Morgan fingerprint density at radius 3 is 2.53 bits per heavy atom. The molecule has 2 nitrogen and oxygen atoms in total. The van der Waals surface area contributed by atoms with Crippen molar-refractivity contribution in [1.82, 2.24) is 0 Å². The lowest BCUT2D eigenvalue weighted by Gasteiger charge is -2.15. The van der Waals surface area contributed by atoms with Crippen molar-refractivity contribution in [3.05, 3.63) is 42.1 Å². The number of anilines is 1. The van der Waals surface area contributed by atoms with Gasteiger partial charge >= 0.3 is 0 Å². The molecule has 0 saturated carbocycles. The molecule has 2 heteroatoms. The van der Waals surface area contributed by atoms with Gasteiger partial charge in [0, 0.05) is 11.4 Å². The van der Waals surface area contributed by atoms with Gasteiger partial charge in [-0.3, -0.25) is 4.79 Å². The van der Waals surface area contributed by atoms with E-state index in [4.69, 9.17) is 0 Å². The minimum Gasteiger partial charge on any atom is -0.359 e. The number of ketones is 1. The van der Waals surface area contributed by atoms with Crippen molar-refractivity contribution >= 4 is 11.5 Å². The second-order valence-electron chi connectivity index (χ2n) is 3.80. The van der Waals surface area contributed by atoms with Crippen molar-refractivity contribution in [2.75, 3.05) is 5.32 Å². The number of carbonyl (C=O) groups is 1. The van der Waals surface area contributed by atoms with E-state index in [1.807, 2.05) is 38.1 Å². The van der Waals surface area contributed by atoms with Gasteiger partial charge in [-0.15, -0.1) is 0 Å². The van der Waals surface area contributed by atoms with Crippen LogP contribution >= 0.6 is 0 Å². The normalized spacial score (nSPS) is 11.9. The van der Waals surface area contributed by atoms with Gasteiger partial charge < -0.3 is 5.32 Å². The lowest BCUT2D eigenvalue weighted by molar-refractivity contribution is -0.119. The molecule has 0 radical (unpaired) electrons. The molecule has 0 aromatic heterocycles. The zero-order chi connectivity index (χ0) is 11.4. The highest BCUT2D eigenvalue weighted by Gasteiger charge is 2.11. The molecule has 1 unspecified atom stereocenters. The number of allylic oxidation sites excluding steroid dienone is 1. The van der Waals surface area contributed by atoms with Crippen LogP contribution in [0.25, 0.3) is 0 Å². The molecule has 1 rings (SSSR count). The maximum Gasteiger partial charge on any atom is 0.138 e. The van der Waals surface area contributed by atoms with Gasteiger partial charge in [0.05, 0.1) is 5.92 Å². The summed E-state index contributed by atoms with van der Waals surface area (Å²) in [6, 6.07) is 7.94. The molecule has 0 aliphatic rings. The molecular weight excluding hydrogens is 186 g/mol. The average molecular weight is 203 g/mol. The summed E-state index contributed by atoms with van der Waals surface area (Å²) in [7, 11) is 0. The van der Waals surface area contributed by atoms with Crippen molar-refractivity contribution in [2.24, 2.45) is 5.92 Å². The summed E-state index contributed by atoms with van der Waals surface area (Å²) >= 11 is 0. The highest BCUT2D eigenvalue weighted by atomic mass is 16.1. The van der Waals surface area contributed by atoms with Crippen LogP contribution in [0.1, 0.15) is 19.4 Å². The van der Waals surface area contributed by atoms with Gasteiger partial charge in [0.25, 0.3) is 0 Å². The highest BCUT2D eigenvalue weighted by Crippen LogP contribution is 2.18. The number of Topliss-reactive ketones (excluding diaryl/α,β-unsaturated/α-hetero) is 1. The van der Waals surface area contributed by atoms with Crippen molar-refractivity contribution in [3.8, 4) is 0 Å². The SMILES string of the molecule is C=C(Nc1ccccc1C)C(C)C(C)=O. The van der Waals surface area contributed by atoms with E-state index in [-0.39, 0.29) is 11.7 Å². The van der Waals surface area contributed by atoms with Crippen molar-refractivity contribution in [1.29, 1.82) is 0 Å². The Morgan fingerprint density at radius 1 is 1.40 bits per heavy atom. The monoisotopic (exact) mass is 203 g/mol. The Kier molecular flexibility index (Phi) is 3.67. The summed E-state index contributed by atoms with van der Waals surface area (Å²) in [5.41, 5.74) is 2.90. The lowest BCUT2D eigenvalue weighted by atomic mass is 10.0. The molecule has 15 heavy (non-hydrogen) atoms. The Bertz CT molecular complexity index is 382. The summed E-state index contributed by atoms with van der Waals surface area (Å²) in [5.74, 6) is -0.0225. The fourth-order valence-electron chi connectivity index (χ4n) is 1.24. The number of benzene rings is 1. The van der Waals surface area contributed by atoms with Gasteiger partial charge in [-0.1, -0.05) is 24.8 Å². The Morgan fingerprint density at radius 2 is 2.00 bits per heavy atom. The summed E-state index contributed by atoms with van der Waals surface area (Å²) in [4.78, 5) is 11.2. The smallest absolute Gasteiger partial charge is 0.138 e. The molecule has 0 saturated heterocycles. The number of aryl methyl sites for hydroxylation is 1. The van der Waals surface area contributed by atoms with E-state index in [2.05, 4.69) is 11.9 Å². The quantitative estimate of drug-likeness (QED) is 0.814. The van der Waals surface area contributed by atoms with Crippen molar-refractivity contribution in [2.45, 2.75) is 20.8 Å². The van der Waals surface area contributed by atoms with Crippen LogP contribution in [0.3, 0.4) is 0 Å². The summed E-state index contributed by atoms with van der Waals surface area (Å²) < 4.78 is 0. The topological polar surface area (TPSA) is 29.1 Å². The van der Waals surface area contributed by atoms with Crippen molar-refractivity contribution in [3.63, 3.8) is 0 Å². The van der Waals surface area contributed by atoms with Crippen LogP contribution in [0.4, 0.5) is 5.69 Å². The van der Waals surface area contributed by atoms with E-state index in [1.54, 1.807) is 6.92 Å². The van der Waals surface area contributed by atoms with E-state index < -0.39 is 0 Å². The molecule has 0 amide bonds. The molecule has 1 atom stereocenters. The van der Waals surface area contributed by atoms with Gasteiger partial charge in [-0.05, 0) is 32.4 Å². The third kappa shape index (κ3) is 2.94. The summed E-state index contributed by atoms with van der Waals surface area (Å²) in [6.45, 7) is 9.34. The average Bonchev–Trinajstić information content (AvgIpc) is 2.20. The Balaban J connectivity index is 2.75. The van der Waals surface area contributed by atoms with Gasteiger partial charge in [0.15, 0.2) is 0 Å². The van der Waals surface area contributed by atoms with Crippen LogP contribution in [0.2, 0.25) is 0 Å². The van der Waals surface area contributed by atoms with Crippen LogP contribution in [0, 0.1) is 12.8 Å². The second kappa shape index (κ2) is 4.78. The van der Waals surface area contributed by atoms with Crippen LogP contribution in [0.15, 0.2) is 36.5 Å². The molecular formula is C13H17NO. The first-order valence-corrected chi connectivity index (χ1v) is 5.04. The molecule has 1 N–H and O–H groups in total. The first-order valence-electron chi connectivity index (χ1n) is 5.04. The first-order chi connectivity index (χ1) is 7.02. The van der Waals surface area contributed by atoms with Gasteiger partial charge in [-0.25, -0.2) is 0 Å². The van der Waals surface area contributed by atoms with Crippen LogP contribution in [-0.2, 0) is 4.79 Å². The van der Waals surface area contributed by atoms with Gasteiger partial charge in [-0.2, -0.15) is 0 Å². The zero-order valence-corrected chi connectivity index (χ0v) is 9.50. The number of para-hydroxylation sites is 1. The fourth-order valence-corrected chi connectivity index (χ4v) is 1.24. The molecule has 0 bridgehead atoms. The zero-order valence-electron chi connectivity index (χ0n) is 9.50. The van der Waals surface area contributed by atoms with Crippen molar-refractivity contribution < 1.29 is 4.79 Å². The number of rotatable bonds is 4. The third-order valence-electron chi connectivity index (χ3n) is 2.57. The van der Waals surface area contributed by atoms with E-state index in [9.17, 15) is 4.79 Å². The van der Waals surface area contributed by atoms with E-state index >= 15 is 0 Å². The van der Waals surface area contributed by atoms with Gasteiger partial charge in [0.1, 0.15) is 5.78 Å². The van der Waals surface area contributed by atoms with E-state index in [0.29, 0.717) is 0 Å². The van der Waals surface area contributed by atoms with Crippen LogP contribution < -0.4 is 5.32 Å². The lowest BCUT2D eigenvalue weighted by Crippen LogP contribution is -2.15. The van der Waals surface area contributed by atoms with Crippen LogP contribution in [-0.4, -0.2) is 5.78 Å². The Hall–Kier alpha value is -1.57. The fraction of sp³-hybridized carbons (Fsp3) is 0.308. The molecule has 1 aromatic rings. The largest absolute Gasteiger partial charge is 0.359 e. The molecule has 0 spiro atoms. The number of hydrogen-bond acceptors (Lipinski definition) is 2. The minimum absolute atomic E-state index is 0.126. The number of hydrogen-bond donors (Lipinski definition) is 1.